The van der Waals surface area contributed by atoms with Gasteiger partial charge in [0, 0.05) is 11.4 Å². The van der Waals surface area contributed by atoms with Gasteiger partial charge in [0.1, 0.15) is 6.10 Å². The van der Waals surface area contributed by atoms with Crippen molar-refractivity contribution in [2.75, 3.05) is 11.5 Å². The van der Waals surface area contributed by atoms with Crippen molar-refractivity contribution in [3.8, 4) is 0 Å². The minimum absolute atomic E-state index is 0.0391. The molecule has 4 aliphatic rings. The summed E-state index contributed by atoms with van der Waals surface area (Å²) in [6, 6.07) is 5.60. The predicted octanol–water partition coefficient (Wildman–Crippen LogP) is 10.5. The van der Waals surface area contributed by atoms with Crippen LogP contribution in [0.25, 0.3) is 0 Å². The summed E-state index contributed by atoms with van der Waals surface area (Å²) in [5.41, 5.74) is 15.4. The number of esters is 1. The van der Waals surface area contributed by atoms with Crippen LogP contribution in [0, 0.1) is 52.3 Å². The second kappa shape index (κ2) is 14.0. The monoisotopic (exact) mass is 607 g/mol. The molecule has 0 heterocycles. The van der Waals surface area contributed by atoms with Gasteiger partial charge in [-0.2, -0.15) is 0 Å². The summed E-state index contributed by atoms with van der Waals surface area (Å²) in [6.07, 6.45) is 20.0. The Hall–Kier alpha value is -1.71. The van der Waals surface area contributed by atoms with Crippen LogP contribution in [0.3, 0.4) is 0 Å². The Morgan fingerprint density at radius 2 is 1.64 bits per heavy atom. The van der Waals surface area contributed by atoms with Crippen molar-refractivity contribution < 1.29 is 9.53 Å². The molecule has 0 radical (unpaired) electrons. The molecule has 4 N–H and O–H groups in total. The van der Waals surface area contributed by atoms with Gasteiger partial charge in [0.25, 0.3) is 0 Å². The minimum atomic E-state index is -0.301. The molecule has 44 heavy (non-hydrogen) atoms. The molecule has 4 aliphatic carbocycles. The van der Waals surface area contributed by atoms with Gasteiger partial charge >= 0.3 is 5.97 Å². The van der Waals surface area contributed by atoms with Crippen molar-refractivity contribution in [3.63, 3.8) is 0 Å². The van der Waals surface area contributed by atoms with E-state index in [0.717, 1.165) is 79.6 Å². The van der Waals surface area contributed by atoms with E-state index >= 15 is 0 Å². The van der Waals surface area contributed by atoms with Crippen molar-refractivity contribution in [1.82, 2.24) is 0 Å². The minimum Gasteiger partial charge on any atom is -0.462 e. The molecule has 4 saturated carbocycles. The average molecular weight is 607 g/mol. The highest BCUT2D eigenvalue weighted by Crippen LogP contribution is 2.68. The number of hydrogen-bond acceptors (Lipinski definition) is 4. The molecular formula is C40H66N2O2. The lowest BCUT2D eigenvalue weighted by Crippen LogP contribution is -2.54. The van der Waals surface area contributed by atoms with Crippen molar-refractivity contribution in [3.05, 3.63) is 23.8 Å². The van der Waals surface area contributed by atoms with Gasteiger partial charge < -0.3 is 16.2 Å². The van der Waals surface area contributed by atoms with Crippen LogP contribution in [0.4, 0.5) is 11.4 Å². The van der Waals surface area contributed by atoms with Gasteiger partial charge in [-0.25, -0.2) is 0 Å². The number of nitrogen functional groups attached to an aromatic ring is 2. The Balaban J connectivity index is 1.22. The molecule has 4 nitrogen and oxygen atoms in total. The number of fused-ring (bicyclic) bond motifs is 5. The fourth-order valence-corrected chi connectivity index (χ4v) is 11.5. The van der Waals surface area contributed by atoms with Gasteiger partial charge in [0.2, 0.25) is 0 Å². The van der Waals surface area contributed by atoms with Gasteiger partial charge in [-0.3, -0.25) is 4.79 Å². The summed E-state index contributed by atoms with van der Waals surface area (Å²) in [5.74, 6) is 5.58. The first-order chi connectivity index (χ1) is 21.0. The van der Waals surface area contributed by atoms with Crippen molar-refractivity contribution in [2.24, 2.45) is 52.3 Å². The van der Waals surface area contributed by atoms with Crippen molar-refractivity contribution in [2.45, 2.75) is 156 Å². The van der Waals surface area contributed by atoms with Crippen LogP contribution in [0.1, 0.15) is 156 Å². The summed E-state index contributed by atoms with van der Waals surface area (Å²) < 4.78 is 6.40. The van der Waals surface area contributed by atoms with Crippen LogP contribution in [0.2, 0.25) is 0 Å². The summed E-state index contributed by atoms with van der Waals surface area (Å²) in [6.45, 7) is 14.9. The summed E-state index contributed by atoms with van der Waals surface area (Å²) in [4.78, 5) is 13.7. The first-order valence-electron chi connectivity index (χ1n) is 18.8. The molecule has 0 aromatic heterocycles. The second-order valence-electron chi connectivity index (χ2n) is 17.0. The second-order valence-corrected chi connectivity index (χ2v) is 17.0. The molecule has 10 atom stereocenters. The van der Waals surface area contributed by atoms with E-state index in [1.54, 1.807) is 6.07 Å². The number of hydrogen-bond donors (Lipinski definition) is 2. The number of ether oxygens (including phenoxy) is 1. The standard InChI is InChI=1S/C40H66N2O2/c1-7-8-9-13-32(31-17-15-29(41)25-37(31)42)38(43)44-30-20-22-39(5)28(24-30)14-16-33-35-19-18-34(27(4)12-10-11-26(2)3)40(35,6)23-21-36(33)39/h15,17,25-28,30,32-36H,7-14,16,18-24,41-42H2,1-6H3. The molecule has 4 heteroatoms. The third kappa shape index (κ3) is 6.71. The molecule has 0 amide bonds. The van der Waals surface area contributed by atoms with Gasteiger partial charge in [-0.05, 0) is 134 Å². The van der Waals surface area contributed by atoms with Crippen LogP contribution in [-0.2, 0) is 9.53 Å². The highest BCUT2D eigenvalue weighted by atomic mass is 16.5. The Morgan fingerprint density at radius 1 is 0.886 bits per heavy atom. The van der Waals surface area contributed by atoms with Crippen LogP contribution in [0.15, 0.2) is 18.2 Å². The van der Waals surface area contributed by atoms with E-state index in [0.29, 0.717) is 28.1 Å². The fraction of sp³-hybridized carbons (Fsp3) is 0.825. The van der Waals surface area contributed by atoms with Gasteiger partial charge in [0.05, 0.1) is 5.92 Å². The molecule has 0 spiro atoms. The van der Waals surface area contributed by atoms with Gasteiger partial charge in [0.15, 0.2) is 0 Å². The lowest BCUT2D eigenvalue weighted by Gasteiger charge is -2.61. The number of rotatable bonds is 12. The highest BCUT2D eigenvalue weighted by molar-refractivity contribution is 5.81. The first kappa shape index (κ1) is 33.6. The lowest BCUT2D eigenvalue weighted by atomic mass is 9.44. The topological polar surface area (TPSA) is 78.3 Å². The fourth-order valence-electron chi connectivity index (χ4n) is 11.5. The first-order valence-corrected chi connectivity index (χ1v) is 18.8. The van der Waals surface area contributed by atoms with E-state index in [4.69, 9.17) is 16.2 Å². The largest absolute Gasteiger partial charge is 0.462 e. The maximum atomic E-state index is 13.7. The third-order valence-corrected chi connectivity index (χ3v) is 14.0. The van der Waals surface area contributed by atoms with E-state index in [2.05, 4.69) is 41.5 Å². The molecule has 1 aromatic carbocycles. The van der Waals surface area contributed by atoms with E-state index in [1.807, 2.05) is 12.1 Å². The smallest absolute Gasteiger partial charge is 0.313 e. The molecule has 4 fully saturated rings. The maximum Gasteiger partial charge on any atom is 0.313 e. The number of carbonyl (C=O) groups excluding carboxylic acids is 1. The van der Waals surface area contributed by atoms with Gasteiger partial charge in [-0.1, -0.05) is 86.1 Å². The molecule has 0 aliphatic heterocycles. The third-order valence-electron chi connectivity index (χ3n) is 14.0. The summed E-state index contributed by atoms with van der Waals surface area (Å²) >= 11 is 0. The Morgan fingerprint density at radius 3 is 2.36 bits per heavy atom. The Kier molecular flexibility index (Phi) is 10.7. The van der Waals surface area contributed by atoms with Crippen molar-refractivity contribution >= 4 is 17.3 Å². The van der Waals surface area contributed by atoms with Crippen LogP contribution in [0.5, 0.6) is 0 Å². The molecule has 248 valence electrons. The lowest BCUT2D eigenvalue weighted by molar-refractivity contribution is -0.164. The Labute approximate surface area is 270 Å². The SMILES string of the molecule is CCCCCC(C(=O)OC1CCC2(C)C(CCC3C2CCC2(C)C(C(C)CCCC(C)C)CCC32)C1)c1ccc(N)cc1N. The normalized spacial score (nSPS) is 36.2. The van der Waals surface area contributed by atoms with E-state index in [-0.39, 0.29) is 18.0 Å². The zero-order valence-electron chi connectivity index (χ0n) is 29.2. The molecule has 5 rings (SSSR count). The highest BCUT2D eigenvalue weighted by Gasteiger charge is 2.60. The maximum absolute atomic E-state index is 13.7. The van der Waals surface area contributed by atoms with Crippen LogP contribution >= 0.6 is 0 Å². The number of carbonyl (C=O) groups is 1. The van der Waals surface area contributed by atoms with E-state index < -0.39 is 0 Å². The molecular weight excluding hydrogens is 540 g/mol. The van der Waals surface area contributed by atoms with E-state index in [1.165, 1.54) is 64.2 Å². The zero-order chi connectivity index (χ0) is 31.6. The predicted molar refractivity (Wildman–Crippen MR) is 185 cm³/mol. The number of unbranched alkanes of at least 4 members (excludes halogenated alkanes) is 2. The number of nitrogens with two attached hydrogens (primary N) is 2. The van der Waals surface area contributed by atoms with Gasteiger partial charge in [-0.15, -0.1) is 0 Å². The van der Waals surface area contributed by atoms with Crippen molar-refractivity contribution in [1.29, 1.82) is 0 Å². The molecule has 1 aromatic rings. The summed E-state index contributed by atoms with van der Waals surface area (Å²) in [5, 5.41) is 0. The summed E-state index contributed by atoms with van der Waals surface area (Å²) in [7, 11) is 0. The molecule has 0 bridgehead atoms. The van der Waals surface area contributed by atoms with E-state index in [9.17, 15) is 4.79 Å². The quantitative estimate of drug-likeness (QED) is 0.141. The number of benzene rings is 1. The Bertz CT molecular complexity index is 1120. The zero-order valence-corrected chi connectivity index (χ0v) is 29.2. The molecule has 0 saturated heterocycles. The van der Waals surface area contributed by atoms with Crippen LogP contribution < -0.4 is 11.5 Å². The molecule has 10 unspecified atom stereocenters. The number of anilines is 2. The average Bonchev–Trinajstić information content (AvgIpc) is 3.33. The van der Waals surface area contributed by atoms with Crippen LogP contribution in [-0.4, -0.2) is 12.1 Å².